The van der Waals surface area contributed by atoms with Crippen molar-refractivity contribution in [3.05, 3.63) is 0 Å². The lowest BCUT2D eigenvalue weighted by molar-refractivity contribution is -0.125. The standard InChI is InChI=1S/C13H24N2O3/c1-10(17)14-9-13(18)15-12(7-8-16)11-5-3-2-4-6-11/h11-12,16H,2-9H2,1H3,(H,14,17)(H,15,18). The van der Waals surface area contributed by atoms with E-state index in [9.17, 15) is 9.59 Å². The number of hydrogen-bond donors (Lipinski definition) is 3. The molecule has 0 heterocycles. The van der Waals surface area contributed by atoms with Gasteiger partial charge < -0.3 is 15.7 Å². The molecule has 0 radical (unpaired) electrons. The predicted molar refractivity (Wildman–Crippen MR) is 68.9 cm³/mol. The van der Waals surface area contributed by atoms with Crippen LogP contribution in [0.1, 0.15) is 45.4 Å². The Morgan fingerprint density at radius 1 is 1.28 bits per heavy atom. The molecule has 104 valence electrons. The Hall–Kier alpha value is -1.10. The van der Waals surface area contributed by atoms with Crippen molar-refractivity contribution in [3.63, 3.8) is 0 Å². The van der Waals surface area contributed by atoms with Crippen molar-refractivity contribution in [1.82, 2.24) is 10.6 Å². The number of aliphatic hydroxyl groups is 1. The Kier molecular flexibility index (Phi) is 6.72. The molecule has 5 heteroatoms. The first-order chi connectivity index (χ1) is 8.63. The maximum absolute atomic E-state index is 11.7. The number of aliphatic hydroxyl groups excluding tert-OH is 1. The normalized spacial score (nSPS) is 18.1. The van der Waals surface area contributed by atoms with Crippen LogP contribution in [0, 0.1) is 5.92 Å². The van der Waals surface area contributed by atoms with Gasteiger partial charge in [0.15, 0.2) is 0 Å². The number of hydrogen-bond acceptors (Lipinski definition) is 3. The van der Waals surface area contributed by atoms with Gasteiger partial charge >= 0.3 is 0 Å². The van der Waals surface area contributed by atoms with E-state index in [4.69, 9.17) is 5.11 Å². The lowest BCUT2D eigenvalue weighted by atomic mass is 9.82. The molecule has 0 aromatic carbocycles. The molecule has 18 heavy (non-hydrogen) atoms. The van der Waals surface area contributed by atoms with Gasteiger partial charge in [-0.15, -0.1) is 0 Å². The average Bonchev–Trinajstić information content (AvgIpc) is 2.37. The highest BCUT2D eigenvalue weighted by Crippen LogP contribution is 2.27. The van der Waals surface area contributed by atoms with Gasteiger partial charge in [0.2, 0.25) is 11.8 Å². The van der Waals surface area contributed by atoms with Crippen LogP contribution in [0.3, 0.4) is 0 Å². The first-order valence-electron chi connectivity index (χ1n) is 6.78. The second-order valence-electron chi connectivity index (χ2n) is 4.99. The molecular formula is C13H24N2O3. The summed E-state index contributed by atoms with van der Waals surface area (Å²) in [4.78, 5) is 22.4. The monoisotopic (exact) mass is 256 g/mol. The Bertz CT molecular complexity index is 275. The van der Waals surface area contributed by atoms with Gasteiger partial charge in [-0.25, -0.2) is 0 Å². The molecule has 1 aliphatic rings. The van der Waals surface area contributed by atoms with Crippen LogP contribution in [0.15, 0.2) is 0 Å². The van der Waals surface area contributed by atoms with E-state index in [0.717, 1.165) is 12.8 Å². The minimum Gasteiger partial charge on any atom is -0.396 e. The van der Waals surface area contributed by atoms with E-state index in [-0.39, 0.29) is 31.0 Å². The van der Waals surface area contributed by atoms with Gasteiger partial charge in [-0.1, -0.05) is 19.3 Å². The van der Waals surface area contributed by atoms with Crippen molar-refractivity contribution in [2.24, 2.45) is 5.92 Å². The molecule has 2 amide bonds. The van der Waals surface area contributed by atoms with Gasteiger partial charge in [0.1, 0.15) is 0 Å². The second kappa shape index (κ2) is 8.08. The summed E-state index contributed by atoms with van der Waals surface area (Å²) in [7, 11) is 0. The zero-order valence-corrected chi connectivity index (χ0v) is 11.1. The van der Waals surface area contributed by atoms with E-state index >= 15 is 0 Å². The highest BCUT2D eigenvalue weighted by molar-refractivity contribution is 5.83. The van der Waals surface area contributed by atoms with Crippen LogP contribution < -0.4 is 10.6 Å². The Balaban J connectivity index is 2.40. The quantitative estimate of drug-likeness (QED) is 0.650. The summed E-state index contributed by atoms with van der Waals surface area (Å²) in [6.07, 6.45) is 6.50. The first kappa shape index (κ1) is 15.0. The summed E-state index contributed by atoms with van der Waals surface area (Å²) in [5, 5.41) is 14.5. The van der Waals surface area contributed by atoms with E-state index in [1.165, 1.54) is 26.2 Å². The minimum absolute atomic E-state index is 0.0178. The van der Waals surface area contributed by atoms with Gasteiger partial charge in [0.05, 0.1) is 6.54 Å². The van der Waals surface area contributed by atoms with E-state index in [1.54, 1.807) is 0 Å². The molecule has 0 aromatic rings. The lowest BCUT2D eigenvalue weighted by Gasteiger charge is -2.30. The third-order valence-corrected chi connectivity index (χ3v) is 3.50. The molecule has 5 nitrogen and oxygen atoms in total. The molecular weight excluding hydrogens is 232 g/mol. The summed E-state index contributed by atoms with van der Waals surface area (Å²) in [6, 6.07) is 0.0385. The van der Waals surface area contributed by atoms with Crippen LogP contribution in [-0.2, 0) is 9.59 Å². The van der Waals surface area contributed by atoms with Crippen LogP contribution in [0.2, 0.25) is 0 Å². The highest BCUT2D eigenvalue weighted by atomic mass is 16.3. The Morgan fingerprint density at radius 2 is 1.94 bits per heavy atom. The van der Waals surface area contributed by atoms with E-state index < -0.39 is 0 Å². The number of carbonyl (C=O) groups is 2. The van der Waals surface area contributed by atoms with E-state index in [1.807, 2.05) is 0 Å². The topological polar surface area (TPSA) is 78.4 Å². The highest BCUT2D eigenvalue weighted by Gasteiger charge is 2.24. The number of nitrogens with one attached hydrogen (secondary N) is 2. The molecule has 1 saturated carbocycles. The summed E-state index contributed by atoms with van der Waals surface area (Å²) in [5.74, 6) is 0.0860. The predicted octanol–water partition coefficient (Wildman–Crippen LogP) is 0.570. The molecule has 1 unspecified atom stereocenters. The van der Waals surface area contributed by atoms with Gasteiger partial charge in [0, 0.05) is 19.6 Å². The maximum atomic E-state index is 11.7. The largest absolute Gasteiger partial charge is 0.396 e. The third kappa shape index (κ3) is 5.49. The Morgan fingerprint density at radius 3 is 2.50 bits per heavy atom. The summed E-state index contributed by atoms with van der Waals surface area (Å²) in [6.45, 7) is 1.49. The third-order valence-electron chi connectivity index (χ3n) is 3.50. The molecule has 1 atom stereocenters. The van der Waals surface area contributed by atoms with Crippen molar-refractivity contribution in [3.8, 4) is 0 Å². The summed E-state index contributed by atoms with van der Waals surface area (Å²) >= 11 is 0. The maximum Gasteiger partial charge on any atom is 0.239 e. The van der Waals surface area contributed by atoms with Gasteiger partial charge in [0.25, 0.3) is 0 Å². The fourth-order valence-electron chi connectivity index (χ4n) is 2.56. The van der Waals surface area contributed by atoms with Crippen molar-refractivity contribution in [2.75, 3.05) is 13.2 Å². The molecule has 0 bridgehead atoms. The van der Waals surface area contributed by atoms with Crippen molar-refractivity contribution in [2.45, 2.75) is 51.5 Å². The zero-order valence-electron chi connectivity index (χ0n) is 11.1. The average molecular weight is 256 g/mol. The summed E-state index contributed by atoms with van der Waals surface area (Å²) < 4.78 is 0. The zero-order chi connectivity index (χ0) is 13.4. The van der Waals surface area contributed by atoms with Gasteiger partial charge in [-0.05, 0) is 25.2 Å². The Labute approximate surface area is 108 Å². The van der Waals surface area contributed by atoms with Gasteiger partial charge in [-0.3, -0.25) is 9.59 Å². The van der Waals surface area contributed by atoms with Crippen LogP contribution in [-0.4, -0.2) is 36.1 Å². The second-order valence-corrected chi connectivity index (χ2v) is 4.99. The fourth-order valence-corrected chi connectivity index (χ4v) is 2.56. The lowest BCUT2D eigenvalue weighted by Crippen LogP contribution is -2.45. The number of carbonyl (C=O) groups excluding carboxylic acids is 2. The molecule has 1 aliphatic carbocycles. The molecule has 0 aromatic heterocycles. The minimum atomic E-state index is -0.207. The van der Waals surface area contributed by atoms with Crippen molar-refractivity contribution < 1.29 is 14.7 Å². The SMILES string of the molecule is CC(=O)NCC(=O)NC(CCO)C1CCCCC1. The molecule has 0 aliphatic heterocycles. The van der Waals surface area contributed by atoms with Crippen LogP contribution in [0.4, 0.5) is 0 Å². The molecule has 3 N–H and O–H groups in total. The van der Waals surface area contributed by atoms with Crippen LogP contribution in [0.5, 0.6) is 0 Å². The van der Waals surface area contributed by atoms with E-state index in [0.29, 0.717) is 12.3 Å². The van der Waals surface area contributed by atoms with Crippen molar-refractivity contribution in [1.29, 1.82) is 0 Å². The number of rotatable bonds is 6. The smallest absolute Gasteiger partial charge is 0.239 e. The summed E-state index contributed by atoms with van der Waals surface area (Å²) in [5.41, 5.74) is 0. The number of amides is 2. The molecule has 0 saturated heterocycles. The van der Waals surface area contributed by atoms with Crippen LogP contribution >= 0.6 is 0 Å². The fraction of sp³-hybridized carbons (Fsp3) is 0.846. The molecule has 1 rings (SSSR count). The molecule has 0 spiro atoms. The first-order valence-corrected chi connectivity index (χ1v) is 6.78. The molecule has 1 fully saturated rings. The van der Waals surface area contributed by atoms with Crippen LogP contribution in [0.25, 0.3) is 0 Å². The van der Waals surface area contributed by atoms with E-state index in [2.05, 4.69) is 10.6 Å². The van der Waals surface area contributed by atoms with Crippen molar-refractivity contribution >= 4 is 11.8 Å². The van der Waals surface area contributed by atoms with Gasteiger partial charge in [-0.2, -0.15) is 0 Å².